The number of carbonyl (C=O) groups is 1. The molecule has 2 saturated heterocycles. The topological polar surface area (TPSA) is 118 Å². The molecule has 0 saturated carbocycles. The van der Waals surface area contributed by atoms with Gasteiger partial charge in [0.15, 0.2) is 5.82 Å². The molecule has 6 rings (SSSR count). The van der Waals surface area contributed by atoms with E-state index in [-0.39, 0.29) is 37.1 Å². The lowest BCUT2D eigenvalue weighted by Gasteiger charge is -2.47. The van der Waals surface area contributed by atoms with Crippen LogP contribution in [0.1, 0.15) is 30.1 Å². The molecular weight excluding hydrogens is 534 g/mol. The summed E-state index contributed by atoms with van der Waals surface area (Å²) in [5.41, 5.74) is 2.28. The molecule has 41 heavy (non-hydrogen) atoms. The SMILES string of the molecule is Cc1nnn(C2=CC=C(C(F)F)CC2)c1COc1ccc(N2CC(=O)N3CCN(Cc4ncccn4)CC3C2)nn1. The van der Waals surface area contributed by atoms with Gasteiger partial charge in [0, 0.05) is 50.3 Å². The van der Waals surface area contributed by atoms with E-state index >= 15 is 0 Å². The number of allylic oxidation sites excluding steroid dienone is 4. The Morgan fingerprint density at radius 2 is 1.90 bits per heavy atom. The fourth-order valence-corrected chi connectivity index (χ4v) is 5.38. The Morgan fingerprint density at radius 1 is 1.05 bits per heavy atom. The van der Waals surface area contributed by atoms with Crippen LogP contribution in [0.25, 0.3) is 5.70 Å². The largest absolute Gasteiger partial charge is 0.470 e. The maximum absolute atomic E-state index is 13.0. The molecule has 12 nitrogen and oxygen atoms in total. The van der Waals surface area contributed by atoms with E-state index < -0.39 is 6.43 Å². The second-order valence-corrected chi connectivity index (χ2v) is 10.3. The molecule has 3 aromatic heterocycles. The minimum atomic E-state index is -2.45. The third kappa shape index (κ3) is 5.92. The Morgan fingerprint density at radius 3 is 2.63 bits per heavy atom. The predicted octanol–water partition coefficient (Wildman–Crippen LogP) is 2.10. The van der Waals surface area contributed by atoms with Gasteiger partial charge in [0.2, 0.25) is 11.8 Å². The summed E-state index contributed by atoms with van der Waals surface area (Å²) in [6.45, 7) is 5.67. The molecule has 0 bridgehead atoms. The smallest absolute Gasteiger partial charge is 0.260 e. The quantitative estimate of drug-likeness (QED) is 0.403. The van der Waals surface area contributed by atoms with Crippen molar-refractivity contribution in [1.82, 2.24) is 45.0 Å². The number of halogens is 2. The second-order valence-electron chi connectivity index (χ2n) is 10.3. The van der Waals surface area contributed by atoms with Crippen molar-refractivity contribution in [2.24, 2.45) is 0 Å². The van der Waals surface area contributed by atoms with Crippen LogP contribution < -0.4 is 9.64 Å². The number of nitrogens with zero attached hydrogens (tertiary/aromatic N) is 10. The zero-order chi connectivity index (χ0) is 28.3. The number of piperazine rings is 2. The van der Waals surface area contributed by atoms with Crippen LogP contribution in [-0.4, -0.2) is 96.1 Å². The van der Waals surface area contributed by atoms with E-state index in [0.717, 1.165) is 24.6 Å². The molecule has 3 aromatic rings. The molecule has 0 radical (unpaired) electrons. The van der Waals surface area contributed by atoms with Crippen LogP contribution in [0, 0.1) is 6.92 Å². The second kappa shape index (κ2) is 11.6. The highest BCUT2D eigenvalue weighted by Gasteiger charge is 2.37. The summed E-state index contributed by atoms with van der Waals surface area (Å²) in [6.07, 6.45) is 4.83. The van der Waals surface area contributed by atoms with E-state index in [1.54, 1.807) is 41.4 Å². The highest BCUT2D eigenvalue weighted by atomic mass is 19.3. The standard InChI is InChI=1S/C27H30F2N10O2/c1-18-22(39(35-32-18)20-5-3-19(4-6-20)27(28)29)17-41-25-8-7-24(33-34-25)37-14-21-13-36(11-12-38(21)26(40)16-37)15-23-30-9-2-10-31-23/h2-3,5,7-10,21,27H,4,6,11-17H2,1H3. The van der Waals surface area contributed by atoms with Gasteiger partial charge < -0.3 is 14.5 Å². The number of anilines is 1. The summed E-state index contributed by atoms with van der Waals surface area (Å²) >= 11 is 0. The van der Waals surface area contributed by atoms with Gasteiger partial charge in [0.05, 0.1) is 24.8 Å². The Kier molecular flexibility index (Phi) is 7.63. The average Bonchev–Trinajstić information content (AvgIpc) is 3.36. The molecule has 14 heteroatoms. The molecule has 1 atom stereocenters. The summed E-state index contributed by atoms with van der Waals surface area (Å²) in [4.78, 5) is 27.8. The minimum Gasteiger partial charge on any atom is -0.470 e. The Bertz CT molecular complexity index is 1440. The maximum atomic E-state index is 13.0. The van der Waals surface area contributed by atoms with Crippen molar-refractivity contribution in [1.29, 1.82) is 0 Å². The molecule has 0 spiro atoms. The highest BCUT2D eigenvalue weighted by Crippen LogP contribution is 2.27. The third-order valence-electron chi connectivity index (χ3n) is 7.60. The van der Waals surface area contributed by atoms with E-state index in [1.807, 2.05) is 16.7 Å². The molecule has 3 aliphatic rings. The van der Waals surface area contributed by atoms with Crippen molar-refractivity contribution in [3.05, 3.63) is 65.5 Å². The number of ether oxygens (including phenoxy) is 1. The van der Waals surface area contributed by atoms with Crippen molar-refractivity contribution < 1.29 is 18.3 Å². The number of carbonyl (C=O) groups excluding carboxylic acids is 1. The van der Waals surface area contributed by atoms with Crippen LogP contribution in [0.5, 0.6) is 5.88 Å². The molecule has 5 heterocycles. The number of rotatable bonds is 8. The third-order valence-corrected chi connectivity index (χ3v) is 7.60. The number of amides is 1. The lowest BCUT2D eigenvalue weighted by Crippen LogP contribution is -2.64. The van der Waals surface area contributed by atoms with E-state index in [9.17, 15) is 13.6 Å². The number of fused-ring (bicyclic) bond motifs is 1. The molecule has 2 fully saturated rings. The monoisotopic (exact) mass is 564 g/mol. The van der Waals surface area contributed by atoms with Gasteiger partial charge >= 0.3 is 0 Å². The Balaban J connectivity index is 1.08. The van der Waals surface area contributed by atoms with Crippen LogP contribution in [-0.2, 0) is 17.9 Å². The molecule has 0 N–H and O–H groups in total. The van der Waals surface area contributed by atoms with E-state index in [1.165, 1.54) is 6.08 Å². The highest BCUT2D eigenvalue weighted by molar-refractivity contribution is 5.83. The van der Waals surface area contributed by atoms with Crippen LogP contribution in [0.2, 0.25) is 0 Å². The number of alkyl halides is 2. The zero-order valence-electron chi connectivity index (χ0n) is 22.6. The van der Waals surface area contributed by atoms with Crippen LogP contribution in [0.4, 0.5) is 14.6 Å². The lowest BCUT2D eigenvalue weighted by molar-refractivity contribution is -0.136. The average molecular weight is 565 g/mol. The number of hydrogen-bond acceptors (Lipinski definition) is 10. The molecule has 0 aromatic carbocycles. The normalized spacial score (nSPS) is 19.7. The number of aromatic nitrogens is 7. The van der Waals surface area contributed by atoms with Gasteiger partial charge in [-0.05, 0) is 43.5 Å². The van der Waals surface area contributed by atoms with E-state index in [0.29, 0.717) is 49.1 Å². The maximum Gasteiger partial charge on any atom is 0.260 e. The van der Waals surface area contributed by atoms with Crippen LogP contribution in [0.3, 0.4) is 0 Å². The zero-order valence-corrected chi connectivity index (χ0v) is 22.6. The Labute approximate surface area is 235 Å². The first-order valence-corrected chi connectivity index (χ1v) is 13.5. The summed E-state index contributed by atoms with van der Waals surface area (Å²) in [7, 11) is 0. The molecule has 1 amide bonds. The molecule has 2 aliphatic heterocycles. The summed E-state index contributed by atoms with van der Waals surface area (Å²) in [5, 5.41) is 16.9. The minimum absolute atomic E-state index is 0.0305. The van der Waals surface area contributed by atoms with Crippen molar-refractivity contribution in [2.75, 3.05) is 37.6 Å². The Hall–Kier alpha value is -4.33. The van der Waals surface area contributed by atoms with Crippen molar-refractivity contribution in [3.8, 4) is 5.88 Å². The van der Waals surface area contributed by atoms with Crippen molar-refractivity contribution >= 4 is 17.4 Å². The first kappa shape index (κ1) is 26.9. The van der Waals surface area contributed by atoms with Gasteiger partial charge in [0.1, 0.15) is 18.1 Å². The summed E-state index contributed by atoms with van der Waals surface area (Å²) < 4.78 is 33.5. The lowest BCUT2D eigenvalue weighted by atomic mass is 10.0. The number of aryl methyl sites for hydroxylation is 1. The van der Waals surface area contributed by atoms with Crippen molar-refractivity contribution in [3.63, 3.8) is 0 Å². The van der Waals surface area contributed by atoms with Crippen molar-refractivity contribution in [2.45, 2.75) is 45.4 Å². The first-order chi connectivity index (χ1) is 19.9. The number of hydrogen-bond donors (Lipinski definition) is 0. The molecular formula is C27H30F2N10O2. The fraction of sp³-hybridized carbons (Fsp3) is 0.444. The summed E-state index contributed by atoms with van der Waals surface area (Å²) in [5.74, 6) is 1.76. The molecule has 214 valence electrons. The van der Waals surface area contributed by atoms with Gasteiger partial charge in [-0.15, -0.1) is 15.3 Å². The molecule has 1 aliphatic carbocycles. The first-order valence-electron chi connectivity index (χ1n) is 13.5. The van der Waals surface area contributed by atoms with Crippen LogP contribution in [0.15, 0.2) is 48.3 Å². The van der Waals surface area contributed by atoms with Crippen LogP contribution >= 0.6 is 0 Å². The van der Waals surface area contributed by atoms with Gasteiger partial charge in [-0.3, -0.25) is 9.69 Å². The van der Waals surface area contributed by atoms with Gasteiger partial charge in [-0.1, -0.05) is 11.3 Å². The van der Waals surface area contributed by atoms with Gasteiger partial charge in [-0.2, -0.15) is 0 Å². The fourth-order valence-electron chi connectivity index (χ4n) is 5.38. The van der Waals surface area contributed by atoms with Gasteiger partial charge in [0.25, 0.3) is 6.43 Å². The predicted molar refractivity (Wildman–Crippen MR) is 144 cm³/mol. The summed E-state index contributed by atoms with van der Waals surface area (Å²) in [6, 6.07) is 5.35. The van der Waals surface area contributed by atoms with E-state index in [2.05, 4.69) is 35.4 Å². The van der Waals surface area contributed by atoms with Gasteiger partial charge in [-0.25, -0.2) is 23.4 Å². The molecule has 1 unspecified atom stereocenters. The van der Waals surface area contributed by atoms with E-state index in [4.69, 9.17) is 4.74 Å².